The standard InChI is InChI=1S/C14H17BrF3NO/c15-10-5-6-13(12(9-10)14(16,17)18)19-7-1-3-11-4-2-8-20-11/h5-6,9,11,19H,1-4,7-8H2. The van der Waals surface area contributed by atoms with Gasteiger partial charge in [0.15, 0.2) is 0 Å². The summed E-state index contributed by atoms with van der Waals surface area (Å²) in [5, 5.41) is 2.87. The van der Waals surface area contributed by atoms with Crippen LogP contribution in [0, 0.1) is 0 Å². The summed E-state index contributed by atoms with van der Waals surface area (Å²) < 4.78 is 44.6. The molecule has 1 fully saturated rings. The third kappa shape index (κ3) is 4.38. The van der Waals surface area contributed by atoms with Gasteiger partial charge in [-0.05, 0) is 43.9 Å². The van der Waals surface area contributed by atoms with Crippen LogP contribution in [-0.2, 0) is 10.9 Å². The average Bonchev–Trinajstić information content (AvgIpc) is 2.88. The Morgan fingerprint density at radius 1 is 1.35 bits per heavy atom. The van der Waals surface area contributed by atoms with Gasteiger partial charge >= 0.3 is 6.18 Å². The van der Waals surface area contributed by atoms with Gasteiger partial charge in [0.25, 0.3) is 0 Å². The summed E-state index contributed by atoms with van der Waals surface area (Å²) in [4.78, 5) is 0. The number of alkyl halides is 3. The van der Waals surface area contributed by atoms with E-state index in [1.807, 2.05) is 0 Å². The van der Waals surface area contributed by atoms with E-state index in [1.165, 1.54) is 6.07 Å². The maximum absolute atomic E-state index is 12.9. The molecule has 1 aliphatic rings. The first-order valence-electron chi connectivity index (χ1n) is 6.69. The molecule has 20 heavy (non-hydrogen) atoms. The predicted molar refractivity (Wildman–Crippen MR) is 75.8 cm³/mol. The summed E-state index contributed by atoms with van der Waals surface area (Å²) in [7, 11) is 0. The van der Waals surface area contributed by atoms with Crippen molar-refractivity contribution in [3.8, 4) is 0 Å². The second-order valence-corrected chi connectivity index (χ2v) is 5.81. The number of rotatable bonds is 5. The van der Waals surface area contributed by atoms with Crippen molar-refractivity contribution < 1.29 is 17.9 Å². The highest BCUT2D eigenvalue weighted by Gasteiger charge is 2.33. The molecule has 1 unspecified atom stereocenters. The second kappa shape index (κ2) is 6.80. The molecule has 0 aromatic heterocycles. The van der Waals surface area contributed by atoms with Crippen LogP contribution < -0.4 is 5.32 Å². The molecule has 1 aliphatic heterocycles. The number of halogens is 4. The Hall–Kier alpha value is -0.750. The van der Waals surface area contributed by atoms with Crippen molar-refractivity contribution in [3.05, 3.63) is 28.2 Å². The quantitative estimate of drug-likeness (QED) is 0.766. The summed E-state index contributed by atoms with van der Waals surface area (Å²) in [5.41, 5.74) is -0.503. The number of hydrogen-bond donors (Lipinski definition) is 1. The van der Waals surface area contributed by atoms with E-state index in [1.54, 1.807) is 6.07 Å². The van der Waals surface area contributed by atoms with Crippen LogP contribution in [0.5, 0.6) is 0 Å². The molecule has 1 atom stereocenters. The number of ether oxygens (including phenoxy) is 1. The molecular weight excluding hydrogens is 335 g/mol. The molecule has 0 saturated carbocycles. The second-order valence-electron chi connectivity index (χ2n) is 4.89. The van der Waals surface area contributed by atoms with Gasteiger partial charge in [-0.1, -0.05) is 15.9 Å². The van der Waals surface area contributed by atoms with Crippen LogP contribution in [0.25, 0.3) is 0 Å². The number of hydrogen-bond acceptors (Lipinski definition) is 2. The lowest BCUT2D eigenvalue weighted by atomic mass is 10.1. The van der Waals surface area contributed by atoms with Crippen LogP contribution >= 0.6 is 15.9 Å². The van der Waals surface area contributed by atoms with E-state index in [0.717, 1.165) is 38.4 Å². The minimum atomic E-state index is -4.35. The molecule has 0 spiro atoms. The molecule has 2 nitrogen and oxygen atoms in total. The van der Waals surface area contributed by atoms with Gasteiger partial charge in [-0.25, -0.2) is 0 Å². The van der Waals surface area contributed by atoms with Gasteiger partial charge in [0.2, 0.25) is 0 Å². The zero-order chi connectivity index (χ0) is 14.6. The van der Waals surface area contributed by atoms with Gasteiger partial charge in [-0.2, -0.15) is 13.2 Å². The first-order chi connectivity index (χ1) is 9.47. The molecule has 0 amide bonds. The average molecular weight is 352 g/mol. The fraction of sp³-hybridized carbons (Fsp3) is 0.571. The van der Waals surface area contributed by atoms with E-state index in [4.69, 9.17) is 4.74 Å². The molecule has 1 aromatic carbocycles. The van der Waals surface area contributed by atoms with Crippen molar-refractivity contribution in [2.45, 2.75) is 38.0 Å². The van der Waals surface area contributed by atoms with Gasteiger partial charge in [-0.15, -0.1) is 0 Å². The van der Waals surface area contributed by atoms with Crippen LogP contribution in [-0.4, -0.2) is 19.3 Å². The summed E-state index contributed by atoms with van der Waals surface area (Å²) in [6.07, 6.45) is -0.220. The van der Waals surface area contributed by atoms with E-state index in [2.05, 4.69) is 21.2 Å². The minimum Gasteiger partial charge on any atom is -0.385 e. The third-order valence-electron chi connectivity index (χ3n) is 3.33. The van der Waals surface area contributed by atoms with Crippen LogP contribution in [0.3, 0.4) is 0 Å². The molecule has 1 heterocycles. The highest BCUT2D eigenvalue weighted by Crippen LogP contribution is 2.36. The zero-order valence-electron chi connectivity index (χ0n) is 11.0. The fourth-order valence-electron chi connectivity index (χ4n) is 2.33. The van der Waals surface area contributed by atoms with Crippen molar-refractivity contribution in [1.82, 2.24) is 0 Å². The van der Waals surface area contributed by atoms with Crippen LogP contribution in [0.4, 0.5) is 18.9 Å². The van der Waals surface area contributed by atoms with Gasteiger partial charge in [0.1, 0.15) is 0 Å². The highest BCUT2D eigenvalue weighted by atomic mass is 79.9. The molecule has 2 rings (SSSR count). The molecule has 0 bridgehead atoms. The highest BCUT2D eigenvalue weighted by molar-refractivity contribution is 9.10. The first kappa shape index (κ1) is 15.6. The first-order valence-corrected chi connectivity index (χ1v) is 7.48. The maximum atomic E-state index is 12.9. The largest absolute Gasteiger partial charge is 0.418 e. The van der Waals surface area contributed by atoms with Crippen molar-refractivity contribution in [3.63, 3.8) is 0 Å². The minimum absolute atomic E-state index is 0.132. The molecule has 1 saturated heterocycles. The third-order valence-corrected chi connectivity index (χ3v) is 3.82. The van der Waals surface area contributed by atoms with Gasteiger partial charge in [0, 0.05) is 23.3 Å². The molecule has 0 radical (unpaired) electrons. The summed E-state index contributed by atoms with van der Waals surface area (Å²) in [6, 6.07) is 4.17. The van der Waals surface area contributed by atoms with Crippen molar-refractivity contribution in [2.75, 3.05) is 18.5 Å². The van der Waals surface area contributed by atoms with Crippen LogP contribution in [0.1, 0.15) is 31.2 Å². The lowest BCUT2D eigenvalue weighted by Crippen LogP contribution is -2.13. The van der Waals surface area contributed by atoms with Gasteiger partial charge < -0.3 is 10.1 Å². The summed E-state index contributed by atoms with van der Waals surface area (Å²) in [5.74, 6) is 0. The zero-order valence-corrected chi connectivity index (χ0v) is 12.6. The number of anilines is 1. The molecule has 0 aliphatic carbocycles. The predicted octanol–water partition coefficient (Wildman–Crippen LogP) is 4.84. The maximum Gasteiger partial charge on any atom is 0.418 e. The SMILES string of the molecule is FC(F)(F)c1cc(Br)ccc1NCCCC1CCCO1. The number of nitrogens with one attached hydrogen (secondary N) is 1. The molecule has 1 aromatic rings. The smallest absolute Gasteiger partial charge is 0.385 e. The summed E-state index contributed by atoms with van der Waals surface area (Å²) >= 11 is 3.07. The Morgan fingerprint density at radius 2 is 2.15 bits per heavy atom. The van der Waals surface area contributed by atoms with E-state index < -0.39 is 11.7 Å². The van der Waals surface area contributed by atoms with E-state index >= 15 is 0 Å². The molecule has 6 heteroatoms. The molecule has 112 valence electrons. The Balaban J connectivity index is 1.88. The summed E-state index contributed by atoms with van der Waals surface area (Å²) in [6.45, 7) is 1.33. The Labute approximate surface area is 124 Å². The lowest BCUT2D eigenvalue weighted by molar-refractivity contribution is -0.137. The van der Waals surface area contributed by atoms with Crippen LogP contribution in [0.2, 0.25) is 0 Å². The van der Waals surface area contributed by atoms with E-state index in [0.29, 0.717) is 11.0 Å². The lowest BCUT2D eigenvalue weighted by Gasteiger charge is -2.15. The van der Waals surface area contributed by atoms with Gasteiger partial charge in [0.05, 0.1) is 11.7 Å². The Bertz CT molecular complexity index is 445. The van der Waals surface area contributed by atoms with Crippen molar-refractivity contribution >= 4 is 21.6 Å². The fourth-order valence-corrected chi connectivity index (χ4v) is 2.69. The van der Waals surface area contributed by atoms with E-state index in [-0.39, 0.29) is 11.8 Å². The molecular formula is C14H17BrF3NO. The topological polar surface area (TPSA) is 21.3 Å². The monoisotopic (exact) mass is 351 g/mol. The van der Waals surface area contributed by atoms with Crippen molar-refractivity contribution in [1.29, 1.82) is 0 Å². The Morgan fingerprint density at radius 3 is 2.80 bits per heavy atom. The molecule has 1 N–H and O–H groups in total. The van der Waals surface area contributed by atoms with Crippen LogP contribution in [0.15, 0.2) is 22.7 Å². The van der Waals surface area contributed by atoms with Gasteiger partial charge in [-0.3, -0.25) is 0 Å². The van der Waals surface area contributed by atoms with E-state index in [9.17, 15) is 13.2 Å². The van der Waals surface area contributed by atoms with Crippen molar-refractivity contribution in [2.24, 2.45) is 0 Å². The normalized spacial score (nSPS) is 19.3. The number of benzene rings is 1. The Kier molecular flexibility index (Phi) is 5.32.